The highest BCUT2D eigenvalue weighted by Crippen LogP contribution is 2.42. The zero-order valence-corrected chi connectivity index (χ0v) is 18.7. The van der Waals surface area contributed by atoms with Crippen LogP contribution in [-0.2, 0) is 27.9 Å². The highest BCUT2D eigenvalue weighted by Gasteiger charge is 2.23. The molecule has 0 aromatic heterocycles. The molecule has 29 heavy (non-hydrogen) atoms. The number of aliphatic hydroxyl groups excluding tert-OH is 1. The minimum Gasteiger partial charge on any atom is -0.463 e. The number of ether oxygens (including phenoxy) is 1. The lowest BCUT2D eigenvalue weighted by Crippen LogP contribution is -2.27. The van der Waals surface area contributed by atoms with E-state index in [1.165, 1.54) is 45.4 Å². The molecule has 0 saturated heterocycles. The van der Waals surface area contributed by atoms with Crippen molar-refractivity contribution >= 4 is 19.7 Å². The summed E-state index contributed by atoms with van der Waals surface area (Å²) in [5.41, 5.74) is 0. The van der Waals surface area contributed by atoms with E-state index in [4.69, 9.17) is 4.52 Å². The summed E-state index contributed by atoms with van der Waals surface area (Å²) >= 11 is 0. The van der Waals surface area contributed by atoms with Gasteiger partial charge in [-0.05, 0) is 6.42 Å². The maximum atomic E-state index is 11.7. The van der Waals surface area contributed by atoms with Gasteiger partial charge >= 0.3 is 13.8 Å². The van der Waals surface area contributed by atoms with E-state index in [-0.39, 0.29) is 25.7 Å². The van der Waals surface area contributed by atoms with Crippen molar-refractivity contribution in [2.75, 3.05) is 26.4 Å². The Bertz CT molecular complexity index is 489. The second kappa shape index (κ2) is 17.8. The Morgan fingerprint density at radius 3 is 2.14 bits per heavy atom. The summed E-state index contributed by atoms with van der Waals surface area (Å²) in [6.45, 7) is 2.40. The summed E-state index contributed by atoms with van der Waals surface area (Å²) in [7, 11) is -4.35. The third kappa shape index (κ3) is 20.1. The highest BCUT2D eigenvalue weighted by molar-refractivity contribution is 7.47. The third-order valence-electron chi connectivity index (χ3n) is 4.10. The van der Waals surface area contributed by atoms with Gasteiger partial charge in [-0.2, -0.15) is 0 Å². The zero-order valence-electron chi connectivity index (χ0n) is 17.8. The lowest BCUT2D eigenvalue weighted by atomic mass is 10.1. The van der Waals surface area contributed by atoms with Crippen LogP contribution in [0.15, 0.2) is 0 Å². The second-order valence-corrected chi connectivity index (χ2v) is 8.44. The first-order valence-electron chi connectivity index (χ1n) is 10.5. The van der Waals surface area contributed by atoms with Crippen LogP contribution in [0.5, 0.6) is 0 Å². The van der Waals surface area contributed by atoms with Crippen LogP contribution in [0.2, 0.25) is 0 Å². The first-order valence-corrected chi connectivity index (χ1v) is 12.0. The molecule has 0 aliphatic carbocycles. The minimum absolute atomic E-state index is 0.0835. The summed E-state index contributed by atoms with van der Waals surface area (Å²) in [5.74, 6) is -0.701. The molecule has 0 aliphatic rings. The van der Waals surface area contributed by atoms with Crippen molar-refractivity contribution in [1.29, 1.82) is 0 Å². The van der Waals surface area contributed by atoms with Gasteiger partial charge in [0.05, 0.1) is 13.2 Å². The van der Waals surface area contributed by atoms with Crippen molar-refractivity contribution in [3.63, 3.8) is 0 Å². The molecule has 3 N–H and O–H groups in total. The molecule has 1 amide bonds. The Morgan fingerprint density at radius 2 is 1.55 bits per heavy atom. The van der Waals surface area contributed by atoms with Gasteiger partial charge < -0.3 is 20.1 Å². The normalized spacial score (nSPS) is 14.2. The number of unbranched alkanes of at least 4 members (excludes halogenated alkanes) is 8. The molecule has 0 spiro atoms. The average Bonchev–Trinajstić information content (AvgIpc) is 2.67. The van der Waals surface area contributed by atoms with Gasteiger partial charge in [0.1, 0.15) is 12.7 Å². The number of carbonyl (C=O) groups is 2. The van der Waals surface area contributed by atoms with Gasteiger partial charge in [0.25, 0.3) is 0 Å². The summed E-state index contributed by atoms with van der Waals surface area (Å²) in [4.78, 5) is 31.8. The number of rotatable bonds is 19. The fourth-order valence-corrected chi connectivity index (χ4v) is 3.27. The molecule has 0 saturated carbocycles. The second-order valence-electron chi connectivity index (χ2n) is 6.98. The number of hydrogen-bond acceptors (Lipinski definition) is 7. The number of aliphatic hydroxyl groups is 1. The van der Waals surface area contributed by atoms with Crippen molar-refractivity contribution in [1.82, 2.24) is 5.32 Å². The number of hydrogen-bond donors (Lipinski definition) is 3. The van der Waals surface area contributed by atoms with Gasteiger partial charge in [0, 0.05) is 19.9 Å². The fourth-order valence-electron chi connectivity index (χ4n) is 2.52. The number of carbonyl (C=O) groups excluding carboxylic acids is 2. The molecule has 10 heteroatoms. The van der Waals surface area contributed by atoms with Crippen molar-refractivity contribution in [3.05, 3.63) is 0 Å². The topological polar surface area (TPSA) is 131 Å². The largest absolute Gasteiger partial charge is 0.472 e. The van der Waals surface area contributed by atoms with E-state index in [1.807, 2.05) is 0 Å². The number of amides is 1. The molecule has 2 unspecified atom stereocenters. The van der Waals surface area contributed by atoms with Crippen molar-refractivity contribution < 1.29 is 37.9 Å². The number of esters is 1. The zero-order chi connectivity index (χ0) is 22.0. The van der Waals surface area contributed by atoms with E-state index in [1.54, 1.807) is 0 Å². The number of phosphoric acid groups is 1. The predicted molar refractivity (Wildman–Crippen MR) is 109 cm³/mol. The molecule has 0 aliphatic heterocycles. The molecule has 172 valence electrons. The average molecular weight is 439 g/mol. The molecular weight excluding hydrogens is 401 g/mol. The molecule has 0 radical (unpaired) electrons. The van der Waals surface area contributed by atoms with Gasteiger partial charge in [-0.15, -0.1) is 0 Å². The fraction of sp³-hybridized carbons (Fsp3) is 0.895. The maximum Gasteiger partial charge on any atom is 0.472 e. The van der Waals surface area contributed by atoms with Crippen molar-refractivity contribution in [3.8, 4) is 0 Å². The quantitative estimate of drug-likeness (QED) is 0.159. The Kier molecular flexibility index (Phi) is 17.2. The Balaban J connectivity index is 3.61. The predicted octanol–water partition coefficient (Wildman–Crippen LogP) is 3.08. The first kappa shape index (κ1) is 28.0. The third-order valence-corrected chi connectivity index (χ3v) is 5.08. The van der Waals surface area contributed by atoms with Crippen LogP contribution in [0.1, 0.15) is 78.1 Å². The van der Waals surface area contributed by atoms with E-state index in [2.05, 4.69) is 21.5 Å². The van der Waals surface area contributed by atoms with Crippen molar-refractivity contribution in [2.45, 2.75) is 84.2 Å². The smallest absolute Gasteiger partial charge is 0.463 e. The van der Waals surface area contributed by atoms with Crippen LogP contribution in [0.25, 0.3) is 0 Å². The summed E-state index contributed by atoms with van der Waals surface area (Å²) in [5, 5.41) is 12.1. The number of nitrogens with one attached hydrogen (secondary N) is 1. The molecule has 0 bridgehead atoms. The Morgan fingerprint density at radius 1 is 0.966 bits per heavy atom. The van der Waals surface area contributed by atoms with E-state index in [0.29, 0.717) is 6.42 Å². The van der Waals surface area contributed by atoms with E-state index >= 15 is 0 Å². The molecular formula is C19H38NO8P. The van der Waals surface area contributed by atoms with Gasteiger partial charge in [-0.3, -0.25) is 18.6 Å². The first-order chi connectivity index (χ1) is 13.8. The summed E-state index contributed by atoms with van der Waals surface area (Å²) in [6, 6.07) is 0. The molecule has 0 heterocycles. The molecule has 2 atom stereocenters. The van der Waals surface area contributed by atoms with Crippen molar-refractivity contribution in [2.24, 2.45) is 0 Å². The molecule has 0 rings (SSSR count). The molecule has 0 fully saturated rings. The van der Waals surface area contributed by atoms with E-state index in [9.17, 15) is 24.2 Å². The van der Waals surface area contributed by atoms with Gasteiger partial charge in [-0.25, -0.2) is 4.57 Å². The van der Waals surface area contributed by atoms with Crippen LogP contribution in [0.3, 0.4) is 0 Å². The van der Waals surface area contributed by atoms with E-state index in [0.717, 1.165) is 19.3 Å². The van der Waals surface area contributed by atoms with Crippen LogP contribution >= 0.6 is 7.82 Å². The number of phosphoric ester groups is 1. The maximum absolute atomic E-state index is 11.7. The van der Waals surface area contributed by atoms with E-state index < -0.39 is 26.5 Å². The van der Waals surface area contributed by atoms with Gasteiger partial charge in [-0.1, -0.05) is 58.3 Å². The Labute approximate surface area is 174 Å². The minimum atomic E-state index is -4.35. The van der Waals surface area contributed by atoms with Crippen LogP contribution < -0.4 is 5.32 Å². The monoisotopic (exact) mass is 439 g/mol. The van der Waals surface area contributed by atoms with Gasteiger partial charge in [0.15, 0.2) is 0 Å². The lowest BCUT2D eigenvalue weighted by Gasteiger charge is -2.15. The summed E-state index contributed by atoms with van der Waals surface area (Å²) in [6.07, 6.45) is 9.79. The summed E-state index contributed by atoms with van der Waals surface area (Å²) < 4.78 is 25.5. The molecule has 0 aromatic carbocycles. The SMILES string of the molecule is CCCCCCCCCCCC(=O)NCCOP(=O)(O)OCC(O)COC(C)=O. The molecule has 9 nitrogen and oxygen atoms in total. The highest BCUT2D eigenvalue weighted by atomic mass is 31.2. The standard InChI is InChI=1S/C19H38NO8P/c1-3-4-5-6-7-8-9-10-11-12-19(23)20-13-14-27-29(24,25)28-16-18(22)15-26-17(2)21/h18,22H,3-16H2,1-2H3,(H,20,23)(H,24,25). The van der Waals surface area contributed by atoms with Crippen LogP contribution in [0.4, 0.5) is 0 Å². The molecule has 0 aromatic rings. The van der Waals surface area contributed by atoms with Crippen LogP contribution in [0, 0.1) is 0 Å². The van der Waals surface area contributed by atoms with Gasteiger partial charge in [0.2, 0.25) is 5.91 Å². The lowest BCUT2D eigenvalue weighted by molar-refractivity contribution is -0.144. The van der Waals surface area contributed by atoms with Crippen LogP contribution in [-0.4, -0.2) is 54.3 Å². The Hall–Kier alpha value is -0.990.